The molecule has 0 aliphatic carbocycles. The summed E-state index contributed by atoms with van der Waals surface area (Å²) < 4.78 is 0. The van der Waals surface area contributed by atoms with Crippen molar-refractivity contribution in [3.8, 4) is 0 Å². The van der Waals surface area contributed by atoms with Crippen molar-refractivity contribution in [3.05, 3.63) is 16.8 Å². The summed E-state index contributed by atoms with van der Waals surface area (Å²) in [6.45, 7) is 1.79. The van der Waals surface area contributed by atoms with Crippen LogP contribution in [0.2, 0.25) is 0 Å². The summed E-state index contributed by atoms with van der Waals surface area (Å²) in [6, 6.07) is 0. The molecule has 0 amide bonds. The zero-order chi connectivity index (χ0) is 11.9. The average molecular weight is 237 g/mol. The molecule has 6 heteroatoms. The molecule has 0 radical (unpaired) electrons. The minimum absolute atomic E-state index is 0.332. The van der Waals surface area contributed by atoms with Gasteiger partial charge in [-0.1, -0.05) is 0 Å². The minimum Gasteiger partial charge on any atom is -0.477 e. The van der Waals surface area contributed by atoms with Gasteiger partial charge in [0.25, 0.3) is 0 Å². The molecule has 0 fully saturated rings. The second-order valence-electron chi connectivity index (χ2n) is 3.63. The van der Waals surface area contributed by atoms with E-state index in [0.29, 0.717) is 9.71 Å². The number of anilines is 1. The largest absolute Gasteiger partial charge is 0.477 e. The van der Waals surface area contributed by atoms with Gasteiger partial charge in [0, 0.05) is 14.1 Å². The number of hydrogen-bond acceptors (Lipinski definition) is 5. The Hall–Kier alpha value is -1.69. The van der Waals surface area contributed by atoms with Crippen LogP contribution >= 0.6 is 11.3 Å². The predicted molar refractivity (Wildman–Crippen MR) is 63.4 cm³/mol. The molecule has 0 unspecified atom stereocenters. The van der Waals surface area contributed by atoms with Gasteiger partial charge in [0.1, 0.15) is 21.9 Å². The molecule has 1 N–H and O–H groups in total. The molecule has 2 aromatic rings. The number of carboxylic acids is 1. The van der Waals surface area contributed by atoms with Crippen molar-refractivity contribution in [2.75, 3.05) is 19.0 Å². The van der Waals surface area contributed by atoms with Gasteiger partial charge in [0.2, 0.25) is 0 Å². The lowest BCUT2D eigenvalue weighted by Gasteiger charge is -2.11. The van der Waals surface area contributed by atoms with Crippen molar-refractivity contribution in [1.82, 2.24) is 9.97 Å². The number of aromatic nitrogens is 2. The Kier molecular flexibility index (Phi) is 2.51. The van der Waals surface area contributed by atoms with Crippen molar-refractivity contribution in [3.63, 3.8) is 0 Å². The fourth-order valence-corrected chi connectivity index (χ4v) is 2.58. The monoisotopic (exact) mass is 237 g/mol. The first-order valence-corrected chi connectivity index (χ1v) is 5.48. The van der Waals surface area contributed by atoms with Crippen molar-refractivity contribution in [2.45, 2.75) is 6.92 Å². The van der Waals surface area contributed by atoms with Gasteiger partial charge >= 0.3 is 5.97 Å². The Labute approximate surface area is 96.4 Å². The predicted octanol–water partition coefficient (Wildman–Crippen LogP) is 1.76. The van der Waals surface area contributed by atoms with E-state index in [1.807, 2.05) is 19.0 Å². The van der Waals surface area contributed by atoms with E-state index < -0.39 is 5.97 Å². The summed E-state index contributed by atoms with van der Waals surface area (Å²) >= 11 is 1.19. The average Bonchev–Trinajstić information content (AvgIpc) is 2.56. The van der Waals surface area contributed by atoms with Gasteiger partial charge in [-0.05, 0) is 12.5 Å². The third kappa shape index (κ3) is 1.51. The third-order valence-electron chi connectivity index (χ3n) is 2.32. The van der Waals surface area contributed by atoms with Crippen LogP contribution in [0.25, 0.3) is 10.2 Å². The molecule has 2 aromatic heterocycles. The van der Waals surface area contributed by atoms with E-state index in [0.717, 1.165) is 16.8 Å². The van der Waals surface area contributed by atoms with E-state index in [2.05, 4.69) is 9.97 Å². The van der Waals surface area contributed by atoms with Crippen LogP contribution in [0.1, 0.15) is 15.2 Å². The SMILES string of the molecule is Cc1c(C(=O)O)sc2ncnc(N(C)C)c12. The molecule has 5 nitrogen and oxygen atoms in total. The van der Waals surface area contributed by atoms with E-state index >= 15 is 0 Å². The van der Waals surface area contributed by atoms with Crippen LogP contribution in [0.5, 0.6) is 0 Å². The van der Waals surface area contributed by atoms with E-state index in [4.69, 9.17) is 5.11 Å². The summed E-state index contributed by atoms with van der Waals surface area (Å²) in [4.78, 5) is 22.2. The molecule has 84 valence electrons. The number of aryl methyl sites for hydroxylation is 1. The number of carboxylic acid groups (broad SMARTS) is 1. The molecule has 0 spiro atoms. The lowest BCUT2D eigenvalue weighted by molar-refractivity contribution is 0.0701. The third-order valence-corrected chi connectivity index (χ3v) is 3.51. The van der Waals surface area contributed by atoms with Crippen molar-refractivity contribution in [1.29, 1.82) is 0 Å². The molecule has 0 aromatic carbocycles. The summed E-state index contributed by atoms with van der Waals surface area (Å²) in [5.74, 6) is -0.156. The Morgan fingerprint density at radius 1 is 1.44 bits per heavy atom. The van der Waals surface area contributed by atoms with E-state index in [1.54, 1.807) is 6.92 Å². The van der Waals surface area contributed by atoms with Crippen LogP contribution in [-0.4, -0.2) is 35.1 Å². The molecule has 16 heavy (non-hydrogen) atoms. The normalized spacial score (nSPS) is 10.7. The quantitative estimate of drug-likeness (QED) is 0.862. The van der Waals surface area contributed by atoms with Crippen molar-refractivity contribution >= 4 is 33.3 Å². The number of fused-ring (bicyclic) bond motifs is 1. The first kappa shape index (κ1) is 10.8. The number of hydrogen-bond donors (Lipinski definition) is 1. The topological polar surface area (TPSA) is 66.3 Å². The molecule has 0 bridgehead atoms. The first-order valence-electron chi connectivity index (χ1n) is 4.67. The summed E-state index contributed by atoms with van der Waals surface area (Å²) in [7, 11) is 3.75. The van der Waals surface area contributed by atoms with E-state index in [1.165, 1.54) is 17.7 Å². The van der Waals surface area contributed by atoms with Gasteiger partial charge in [-0.2, -0.15) is 0 Å². The molecule has 0 aliphatic rings. The van der Waals surface area contributed by atoms with Gasteiger partial charge in [-0.15, -0.1) is 11.3 Å². The second-order valence-corrected chi connectivity index (χ2v) is 4.63. The van der Waals surface area contributed by atoms with E-state index in [9.17, 15) is 4.79 Å². The maximum atomic E-state index is 11.0. The van der Waals surface area contributed by atoms with Crippen LogP contribution in [0, 0.1) is 6.92 Å². The van der Waals surface area contributed by atoms with Crippen LogP contribution in [-0.2, 0) is 0 Å². The number of rotatable bonds is 2. The fraction of sp³-hybridized carbons (Fsp3) is 0.300. The minimum atomic E-state index is -0.912. The summed E-state index contributed by atoms with van der Waals surface area (Å²) in [5.41, 5.74) is 0.733. The molecule has 0 saturated carbocycles. The second kappa shape index (κ2) is 3.71. The molecule has 0 saturated heterocycles. The zero-order valence-corrected chi connectivity index (χ0v) is 10.00. The van der Waals surface area contributed by atoms with E-state index in [-0.39, 0.29) is 0 Å². The number of thiophene rings is 1. The Morgan fingerprint density at radius 2 is 2.12 bits per heavy atom. The molecule has 2 rings (SSSR count). The lowest BCUT2D eigenvalue weighted by atomic mass is 10.2. The highest BCUT2D eigenvalue weighted by Crippen LogP contribution is 2.33. The fourth-order valence-electron chi connectivity index (χ4n) is 1.60. The number of aromatic carboxylic acids is 1. The number of carbonyl (C=O) groups is 1. The Morgan fingerprint density at radius 3 is 2.69 bits per heavy atom. The van der Waals surface area contributed by atoms with Crippen LogP contribution < -0.4 is 4.90 Å². The highest BCUT2D eigenvalue weighted by molar-refractivity contribution is 7.20. The van der Waals surface area contributed by atoms with Gasteiger partial charge in [0.05, 0.1) is 5.39 Å². The molecular formula is C10H11N3O2S. The van der Waals surface area contributed by atoms with Crippen LogP contribution in [0.3, 0.4) is 0 Å². The maximum Gasteiger partial charge on any atom is 0.346 e. The van der Waals surface area contributed by atoms with Crippen LogP contribution in [0.4, 0.5) is 5.82 Å². The van der Waals surface area contributed by atoms with Crippen molar-refractivity contribution in [2.24, 2.45) is 0 Å². The molecule has 2 heterocycles. The molecule has 0 atom stereocenters. The standard InChI is InChI=1S/C10H11N3O2S/c1-5-6-8(13(2)3)11-4-12-9(6)16-7(5)10(14)15/h4H,1-3H3,(H,14,15). The van der Waals surface area contributed by atoms with Gasteiger partial charge in [-0.25, -0.2) is 14.8 Å². The highest BCUT2D eigenvalue weighted by atomic mass is 32.1. The Bertz CT molecular complexity index is 562. The molecule has 0 aliphatic heterocycles. The lowest BCUT2D eigenvalue weighted by Crippen LogP contribution is -2.11. The Balaban J connectivity index is 2.82. The zero-order valence-electron chi connectivity index (χ0n) is 9.18. The first-order chi connectivity index (χ1) is 7.52. The molecular weight excluding hydrogens is 226 g/mol. The van der Waals surface area contributed by atoms with Gasteiger partial charge in [0.15, 0.2) is 0 Å². The summed E-state index contributed by atoms with van der Waals surface area (Å²) in [5, 5.41) is 9.87. The van der Waals surface area contributed by atoms with Gasteiger partial charge < -0.3 is 10.0 Å². The van der Waals surface area contributed by atoms with Gasteiger partial charge in [-0.3, -0.25) is 0 Å². The smallest absolute Gasteiger partial charge is 0.346 e. The summed E-state index contributed by atoms with van der Waals surface area (Å²) in [6.07, 6.45) is 1.46. The highest BCUT2D eigenvalue weighted by Gasteiger charge is 2.18. The maximum absolute atomic E-state index is 11.0. The number of nitrogens with zero attached hydrogens (tertiary/aromatic N) is 3. The van der Waals surface area contributed by atoms with Crippen LogP contribution in [0.15, 0.2) is 6.33 Å². The van der Waals surface area contributed by atoms with Crippen molar-refractivity contribution < 1.29 is 9.90 Å².